The van der Waals surface area contributed by atoms with E-state index in [1.807, 2.05) is 0 Å². The van der Waals surface area contributed by atoms with E-state index in [9.17, 15) is 10.1 Å². The zero-order valence-electron chi connectivity index (χ0n) is 5.32. The van der Waals surface area contributed by atoms with E-state index in [1.165, 1.54) is 6.07 Å². The molecule has 0 aliphatic heterocycles. The Morgan fingerprint density at radius 2 is 2.18 bits per heavy atom. The number of phenols is 1. The van der Waals surface area contributed by atoms with Crippen molar-refractivity contribution in [3.05, 3.63) is 31.9 Å². The molecule has 11 heavy (non-hydrogen) atoms. The summed E-state index contributed by atoms with van der Waals surface area (Å²) < 4.78 is 0.438. The van der Waals surface area contributed by atoms with Crippen LogP contribution in [0.15, 0.2) is 18.2 Å². The van der Waals surface area contributed by atoms with E-state index in [2.05, 4.69) is 0 Å². The molecule has 0 saturated heterocycles. The van der Waals surface area contributed by atoms with E-state index < -0.39 is 4.92 Å². The van der Waals surface area contributed by atoms with Crippen LogP contribution >= 0.6 is 22.6 Å². The second-order valence-corrected chi connectivity index (χ2v) is 3.03. The fourth-order valence-electron chi connectivity index (χ4n) is 0.685. The van der Waals surface area contributed by atoms with Gasteiger partial charge in [0.1, 0.15) is 0 Å². The van der Waals surface area contributed by atoms with Gasteiger partial charge in [-0.15, -0.1) is 0 Å². The number of phenolic OH excluding ortho intramolecular Hbond substituents is 1. The highest BCUT2D eigenvalue weighted by Crippen LogP contribution is 2.29. The van der Waals surface area contributed by atoms with Crippen molar-refractivity contribution >= 4 is 28.3 Å². The zero-order chi connectivity index (χ0) is 8.43. The monoisotopic (exact) mass is 265 g/mol. The van der Waals surface area contributed by atoms with Crippen LogP contribution in [0.25, 0.3) is 0 Å². The van der Waals surface area contributed by atoms with E-state index in [0.717, 1.165) is 0 Å². The Morgan fingerprint density at radius 3 is 2.55 bits per heavy atom. The van der Waals surface area contributed by atoms with Crippen LogP contribution in [-0.2, 0) is 0 Å². The van der Waals surface area contributed by atoms with Gasteiger partial charge in [-0.2, -0.15) is 0 Å². The molecule has 0 aliphatic carbocycles. The first-order valence-corrected chi connectivity index (χ1v) is 3.82. The second-order valence-electron chi connectivity index (χ2n) is 1.86. The highest BCUT2D eigenvalue weighted by atomic mass is 127. The Balaban J connectivity index is 3.32. The third-order valence-electron chi connectivity index (χ3n) is 1.15. The van der Waals surface area contributed by atoms with Crippen LogP contribution in [0.4, 0.5) is 5.69 Å². The number of aromatic hydroxyl groups is 1. The van der Waals surface area contributed by atoms with Crippen molar-refractivity contribution < 1.29 is 10.0 Å². The molecule has 1 N–H and O–H groups in total. The fraction of sp³-hybridized carbons (Fsp3) is 0. The second kappa shape index (κ2) is 3.04. The Morgan fingerprint density at radius 1 is 1.55 bits per heavy atom. The van der Waals surface area contributed by atoms with Gasteiger partial charge < -0.3 is 5.11 Å². The van der Waals surface area contributed by atoms with Gasteiger partial charge in [0, 0.05) is 0 Å². The third kappa shape index (κ3) is 1.59. The first-order valence-electron chi connectivity index (χ1n) is 2.75. The van der Waals surface area contributed by atoms with Crippen molar-refractivity contribution in [2.75, 3.05) is 0 Å². The largest absolute Gasteiger partial charge is 0.502 e. The molecule has 0 atom stereocenters. The number of para-hydroxylation sites is 1. The number of hydrogen-bond donors (Lipinski definition) is 1. The lowest BCUT2D eigenvalue weighted by Gasteiger charge is -1.95. The van der Waals surface area contributed by atoms with Crippen LogP contribution in [0.5, 0.6) is 5.75 Å². The van der Waals surface area contributed by atoms with Crippen molar-refractivity contribution in [2.45, 2.75) is 0 Å². The maximum absolute atomic E-state index is 10.3. The summed E-state index contributed by atoms with van der Waals surface area (Å²) in [5, 5.41) is 19.3. The maximum Gasteiger partial charge on any atom is 0.323 e. The molecular formula is C6H4INO3. The van der Waals surface area contributed by atoms with Gasteiger partial charge in [0.15, 0.2) is 5.75 Å². The molecular weight excluding hydrogens is 261 g/mol. The summed E-state index contributed by atoms with van der Waals surface area (Å²) in [6, 6.07) is 4.42. The number of hydrogen-bond acceptors (Lipinski definition) is 3. The molecule has 0 amide bonds. The SMILES string of the molecule is O=[N+]([O-])c1c(O)cccc1I. The van der Waals surface area contributed by atoms with Gasteiger partial charge in [0.05, 0.1) is 8.49 Å². The third-order valence-corrected chi connectivity index (χ3v) is 2.02. The van der Waals surface area contributed by atoms with Crippen LogP contribution in [0.2, 0.25) is 0 Å². The minimum atomic E-state index is -0.600. The molecule has 0 bridgehead atoms. The maximum atomic E-state index is 10.3. The number of nitro groups is 1. The first-order chi connectivity index (χ1) is 5.13. The summed E-state index contributed by atoms with van der Waals surface area (Å²) in [7, 11) is 0. The van der Waals surface area contributed by atoms with Gasteiger partial charge >= 0.3 is 5.69 Å². The van der Waals surface area contributed by atoms with E-state index in [-0.39, 0.29) is 11.4 Å². The molecule has 1 rings (SSSR count). The Labute approximate surface area is 76.1 Å². The van der Waals surface area contributed by atoms with E-state index >= 15 is 0 Å². The summed E-state index contributed by atoms with van der Waals surface area (Å²) in [4.78, 5) is 9.68. The number of nitro benzene ring substituents is 1. The molecule has 0 heterocycles. The van der Waals surface area contributed by atoms with E-state index in [0.29, 0.717) is 3.57 Å². The normalized spacial score (nSPS) is 9.55. The van der Waals surface area contributed by atoms with Crippen molar-refractivity contribution in [1.82, 2.24) is 0 Å². The number of benzene rings is 1. The quantitative estimate of drug-likeness (QED) is 0.479. The molecule has 58 valence electrons. The minimum Gasteiger partial charge on any atom is -0.502 e. The number of halogens is 1. The van der Waals surface area contributed by atoms with Gasteiger partial charge in [-0.05, 0) is 34.7 Å². The van der Waals surface area contributed by atoms with Gasteiger partial charge in [-0.25, -0.2) is 0 Å². The molecule has 1 aromatic rings. The number of rotatable bonds is 1. The van der Waals surface area contributed by atoms with Gasteiger partial charge in [-0.3, -0.25) is 10.1 Å². The molecule has 1 aromatic carbocycles. The summed E-state index contributed by atoms with van der Waals surface area (Å²) >= 11 is 1.80. The average Bonchev–Trinajstić information content (AvgIpc) is 1.85. The van der Waals surface area contributed by atoms with Gasteiger partial charge in [0.2, 0.25) is 0 Å². The van der Waals surface area contributed by atoms with Crippen LogP contribution < -0.4 is 0 Å². The molecule has 5 heteroatoms. The highest BCUT2D eigenvalue weighted by Gasteiger charge is 2.16. The van der Waals surface area contributed by atoms with Gasteiger partial charge in [0.25, 0.3) is 0 Å². The number of nitrogens with zero attached hydrogens (tertiary/aromatic N) is 1. The Hall–Kier alpha value is -0.850. The van der Waals surface area contributed by atoms with E-state index in [4.69, 9.17) is 5.11 Å². The van der Waals surface area contributed by atoms with Crippen LogP contribution in [0.3, 0.4) is 0 Å². The topological polar surface area (TPSA) is 63.4 Å². The predicted octanol–water partition coefficient (Wildman–Crippen LogP) is 1.91. The van der Waals surface area contributed by atoms with Crippen molar-refractivity contribution in [3.63, 3.8) is 0 Å². The summed E-state index contributed by atoms with van der Waals surface area (Å²) in [5.41, 5.74) is -0.229. The lowest BCUT2D eigenvalue weighted by molar-refractivity contribution is -0.386. The standard InChI is InChI=1S/C6H4INO3/c7-4-2-1-3-5(9)6(4)8(10)11/h1-3,9H. The molecule has 0 aromatic heterocycles. The highest BCUT2D eigenvalue weighted by molar-refractivity contribution is 14.1. The zero-order valence-corrected chi connectivity index (χ0v) is 7.48. The van der Waals surface area contributed by atoms with Gasteiger partial charge in [-0.1, -0.05) is 6.07 Å². The van der Waals surface area contributed by atoms with Crippen molar-refractivity contribution in [3.8, 4) is 5.75 Å². The average molecular weight is 265 g/mol. The smallest absolute Gasteiger partial charge is 0.323 e. The molecule has 0 saturated carbocycles. The predicted molar refractivity (Wildman–Crippen MR) is 47.5 cm³/mol. The van der Waals surface area contributed by atoms with Crippen LogP contribution in [0.1, 0.15) is 0 Å². The van der Waals surface area contributed by atoms with Crippen LogP contribution in [-0.4, -0.2) is 10.0 Å². The Bertz CT molecular complexity index is 280. The summed E-state index contributed by atoms with van der Waals surface area (Å²) in [6.07, 6.45) is 0. The van der Waals surface area contributed by atoms with Crippen molar-refractivity contribution in [1.29, 1.82) is 0 Å². The van der Waals surface area contributed by atoms with Crippen molar-refractivity contribution in [2.24, 2.45) is 0 Å². The lowest BCUT2D eigenvalue weighted by atomic mass is 10.3. The molecule has 0 fully saturated rings. The fourth-order valence-corrected chi connectivity index (χ4v) is 1.37. The first kappa shape index (κ1) is 8.25. The molecule has 0 spiro atoms. The summed E-state index contributed by atoms with van der Waals surface area (Å²) in [6.45, 7) is 0. The molecule has 4 nitrogen and oxygen atoms in total. The van der Waals surface area contributed by atoms with Crippen LogP contribution in [0, 0.1) is 13.7 Å². The molecule has 0 radical (unpaired) electrons. The van der Waals surface area contributed by atoms with E-state index in [1.54, 1.807) is 34.7 Å². The summed E-state index contributed by atoms with van der Waals surface area (Å²) in [5.74, 6) is -0.290. The molecule has 0 aliphatic rings. The molecule has 0 unspecified atom stereocenters. The minimum absolute atomic E-state index is 0.229. The lowest BCUT2D eigenvalue weighted by Crippen LogP contribution is -1.90. The Kier molecular flexibility index (Phi) is 2.28.